The molecule has 2 N–H and O–H groups in total. The first-order valence-electron chi connectivity index (χ1n) is 13.0. The zero-order chi connectivity index (χ0) is 31.8. The van der Waals surface area contributed by atoms with E-state index in [1.807, 2.05) is 0 Å². The van der Waals surface area contributed by atoms with Crippen LogP contribution in [-0.2, 0) is 12.7 Å². The third-order valence-corrected chi connectivity index (χ3v) is 7.31. The van der Waals surface area contributed by atoms with Gasteiger partial charge in [-0.15, -0.1) is 0 Å². The Hall–Kier alpha value is -4.49. The molecule has 5 aromatic rings. The second-order valence-corrected chi connectivity index (χ2v) is 10.9. The predicted molar refractivity (Wildman–Crippen MR) is 163 cm³/mol. The summed E-state index contributed by atoms with van der Waals surface area (Å²) in [5.41, 5.74) is -0.964. The molecule has 0 fully saturated rings. The normalized spacial score (nSPS) is 11.9. The van der Waals surface area contributed by atoms with E-state index in [1.165, 1.54) is 38.5 Å². The van der Waals surface area contributed by atoms with Crippen molar-refractivity contribution >= 4 is 57.2 Å². The molecule has 0 bridgehead atoms. The maximum Gasteiger partial charge on any atom is 0.435 e. The summed E-state index contributed by atoms with van der Waals surface area (Å²) < 4.78 is 41.0. The summed E-state index contributed by atoms with van der Waals surface area (Å²) in [5.74, 6) is -1.89. The van der Waals surface area contributed by atoms with Gasteiger partial charge in [0.2, 0.25) is 0 Å². The number of fused-ring (bicyclic) bond motifs is 1. The number of nitrogens with one attached hydrogen (secondary N) is 2. The van der Waals surface area contributed by atoms with Gasteiger partial charge in [-0.25, -0.2) is 9.67 Å². The van der Waals surface area contributed by atoms with E-state index in [-0.39, 0.29) is 33.7 Å². The molecule has 0 saturated heterocycles. The highest BCUT2D eigenvalue weighted by Gasteiger charge is 2.37. The lowest BCUT2D eigenvalue weighted by Crippen LogP contribution is -2.32. The zero-order valence-corrected chi connectivity index (χ0v) is 24.6. The summed E-state index contributed by atoms with van der Waals surface area (Å²) in [5, 5.41) is 22.2. The van der Waals surface area contributed by atoms with E-state index in [0.29, 0.717) is 32.8 Å². The molecule has 0 unspecified atom stereocenters. The first-order chi connectivity index (χ1) is 20.7. The van der Waals surface area contributed by atoms with Crippen LogP contribution in [0.5, 0.6) is 0 Å². The fourth-order valence-electron chi connectivity index (χ4n) is 4.44. The molecule has 0 atom stereocenters. The van der Waals surface area contributed by atoms with Gasteiger partial charge in [0.15, 0.2) is 11.5 Å². The maximum absolute atomic E-state index is 13.7. The van der Waals surface area contributed by atoms with Gasteiger partial charge in [0.05, 0.1) is 35.4 Å². The Morgan fingerprint density at radius 1 is 0.977 bits per heavy atom. The van der Waals surface area contributed by atoms with Crippen molar-refractivity contribution in [3.8, 4) is 5.82 Å². The van der Waals surface area contributed by atoms with Gasteiger partial charge in [0, 0.05) is 30.3 Å². The summed E-state index contributed by atoms with van der Waals surface area (Å²) in [7, 11) is 2.93. The Morgan fingerprint density at radius 2 is 1.73 bits per heavy atom. The van der Waals surface area contributed by atoms with Crippen molar-refractivity contribution in [3.05, 3.63) is 117 Å². The van der Waals surface area contributed by atoms with E-state index in [2.05, 4.69) is 20.7 Å². The van der Waals surface area contributed by atoms with Crippen molar-refractivity contribution in [1.29, 1.82) is 0 Å². The quantitative estimate of drug-likeness (QED) is 0.147. The van der Waals surface area contributed by atoms with Gasteiger partial charge in [0.1, 0.15) is 11.4 Å². The van der Waals surface area contributed by atoms with E-state index in [0.717, 1.165) is 0 Å². The van der Waals surface area contributed by atoms with E-state index < -0.39 is 34.0 Å². The van der Waals surface area contributed by atoms with Crippen LogP contribution in [-0.4, -0.2) is 40.7 Å². The molecule has 0 aliphatic carbocycles. The molecule has 0 aliphatic heterocycles. The van der Waals surface area contributed by atoms with Crippen molar-refractivity contribution in [2.24, 2.45) is 0 Å². The Balaban J connectivity index is 1.54. The van der Waals surface area contributed by atoms with Gasteiger partial charge < -0.3 is 20.5 Å². The van der Waals surface area contributed by atoms with Crippen molar-refractivity contribution in [2.75, 3.05) is 19.4 Å². The van der Waals surface area contributed by atoms with Crippen LogP contribution in [0.4, 0.5) is 24.5 Å². The molecule has 226 valence electrons. The molecule has 2 aromatic heterocycles. The van der Waals surface area contributed by atoms with Crippen LogP contribution in [0.1, 0.15) is 32.1 Å². The third-order valence-electron chi connectivity index (χ3n) is 6.63. The van der Waals surface area contributed by atoms with Crippen LogP contribution < -0.4 is 15.3 Å². The average molecular weight is 643 g/mol. The molecule has 5 rings (SSSR count). The summed E-state index contributed by atoms with van der Waals surface area (Å²) >= 11 is 12.9. The Kier molecular flexibility index (Phi) is 8.36. The van der Waals surface area contributed by atoms with E-state index >= 15 is 0 Å². The lowest BCUT2D eigenvalue weighted by atomic mass is 10.0. The first kappa shape index (κ1) is 31.0. The van der Waals surface area contributed by atoms with Crippen molar-refractivity contribution in [2.45, 2.75) is 12.7 Å². The first-order valence-corrected chi connectivity index (χ1v) is 13.7. The average Bonchev–Trinajstić information content (AvgIpc) is 3.43. The fourth-order valence-corrected chi connectivity index (χ4v) is 4.96. The van der Waals surface area contributed by atoms with Crippen LogP contribution in [0, 0.1) is 5.21 Å². The molecule has 0 spiro atoms. The number of hydroxylamine groups is 2. The Morgan fingerprint density at radius 3 is 2.43 bits per heavy atom. The number of benzene rings is 3. The molecule has 14 heteroatoms. The van der Waals surface area contributed by atoms with Crippen molar-refractivity contribution in [3.63, 3.8) is 0 Å². The number of aromatic nitrogens is 3. The van der Waals surface area contributed by atoms with Crippen LogP contribution in [0.2, 0.25) is 10.0 Å². The number of carbonyl (C=O) groups is 2. The van der Waals surface area contributed by atoms with E-state index in [1.54, 1.807) is 48.5 Å². The number of carbonyl (C=O) groups excluding carboxylic acids is 2. The van der Waals surface area contributed by atoms with Gasteiger partial charge in [-0.2, -0.15) is 18.3 Å². The predicted octanol–water partition coefficient (Wildman–Crippen LogP) is 6.99. The van der Waals surface area contributed by atoms with E-state index in [4.69, 9.17) is 23.2 Å². The number of halogens is 5. The molecule has 9 nitrogen and oxygen atoms in total. The Labute approximate surface area is 259 Å². The molecule has 0 aliphatic rings. The van der Waals surface area contributed by atoms with Gasteiger partial charge in [-0.05, 0) is 35.2 Å². The van der Waals surface area contributed by atoms with Crippen LogP contribution >= 0.6 is 23.2 Å². The van der Waals surface area contributed by atoms with Crippen LogP contribution in [0.15, 0.2) is 79.0 Å². The highest BCUT2D eigenvalue weighted by molar-refractivity contribution is 6.40. The molecule has 0 radical (unpaired) electrons. The largest absolute Gasteiger partial charge is 0.628 e. The number of hydrogen-bond donors (Lipinski definition) is 2. The number of hydrogen-bond acceptors (Lipinski definition) is 5. The lowest BCUT2D eigenvalue weighted by molar-refractivity contribution is -0.141. The Bertz CT molecular complexity index is 1900. The van der Waals surface area contributed by atoms with Crippen molar-refractivity contribution < 1.29 is 22.8 Å². The molecule has 2 amide bonds. The monoisotopic (exact) mass is 642 g/mol. The number of rotatable bonds is 7. The van der Waals surface area contributed by atoms with Crippen LogP contribution in [0.3, 0.4) is 0 Å². The molecule has 3 aromatic carbocycles. The molecule has 44 heavy (non-hydrogen) atoms. The smallest absolute Gasteiger partial charge is 0.435 e. The molecular weight excluding hydrogens is 620 g/mol. The number of quaternary nitrogens is 1. The number of pyridine rings is 1. The van der Waals surface area contributed by atoms with Gasteiger partial charge in [-0.1, -0.05) is 59.6 Å². The highest BCUT2D eigenvalue weighted by Crippen LogP contribution is 2.36. The second kappa shape index (κ2) is 11.9. The lowest BCUT2D eigenvalue weighted by Gasteiger charge is -2.33. The summed E-state index contributed by atoms with van der Waals surface area (Å²) in [4.78, 5) is 31.1. The summed E-state index contributed by atoms with van der Waals surface area (Å²) in [6, 6.07) is 18.5. The zero-order valence-electron chi connectivity index (χ0n) is 23.1. The minimum atomic E-state index is -4.88. The minimum Gasteiger partial charge on any atom is -0.628 e. The number of nitrogens with zero attached hydrogens (tertiary/aromatic N) is 4. The number of amides is 2. The fraction of sp³-hybridized carbons (Fsp3) is 0.133. The van der Waals surface area contributed by atoms with Crippen LogP contribution in [0.25, 0.3) is 16.6 Å². The molecule has 2 heterocycles. The standard InChI is InChI=1S/C30H23Cl2F3N6O3/c1-41(2,44)19-9-5-7-17(13-19)16-37-28(42)21-14-18-8-3-4-10-20(18)25(32)26(21)38-29(43)23-15-24(30(33,34)35)39-40(23)27-22(31)11-6-12-36-27/h3-15H,16H2,1-2H3,(H,37,42)(H,38,43). The summed E-state index contributed by atoms with van der Waals surface area (Å²) in [6.45, 7) is 0.0321. The SMILES string of the molecule is C[N+](C)([O-])c1cccc(CNC(=O)c2cc3ccccc3c(Cl)c2NC(=O)c2cc(C(F)(F)F)nn2-c2ncccc2Cl)c1. The number of alkyl halides is 3. The molecular formula is C30H23Cl2F3N6O3. The van der Waals surface area contributed by atoms with Crippen molar-refractivity contribution in [1.82, 2.24) is 24.7 Å². The minimum absolute atomic E-state index is 0.00743. The van der Waals surface area contributed by atoms with Gasteiger partial charge in [0.25, 0.3) is 11.8 Å². The molecule has 0 saturated carbocycles. The van der Waals surface area contributed by atoms with E-state index in [9.17, 15) is 28.0 Å². The third kappa shape index (κ3) is 6.38. The second-order valence-electron chi connectivity index (χ2n) is 10.1. The highest BCUT2D eigenvalue weighted by atomic mass is 35.5. The van der Waals surface area contributed by atoms with Gasteiger partial charge in [-0.3, -0.25) is 9.59 Å². The summed E-state index contributed by atoms with van der Waals surface area (Å²) in [6.07, 6.45) is -3.60. The number of anilines is 1. The van der Waals surface area contributed by atoms with Gasteiger partial charge >= 0.3 is 6.18 Å². The maximum atomic E-state index is 13.7. The topological polar surface area (TPSA) is 112 Å².